The van der Waals surface area contributed by atoms with Gasteiger partial charge in [-0.3, -0.25) is 15.1 Å². The van der Waals surface area contributed by atoms with Crippen LogP contribution < -0.4 is 10.3 Å². The van der Waals surface area contributed by atoms with Crippen LogP contribution in [0.3, 0.4) is 0 Å². The molecule has 4 aromatic carbocycles. The van der Waals surface area contributed by atoms with Crippen molar-refractivity contribution in [2.75, 3.05) is 10.3 Å². The van der Waals surface area contributed by atoms with Crippen LogP contribution in [-0.2, 0) is 11.0 Å². The molecule has 3 N–H and O–H groups in total. The number of aromatic carboxylic acids is 1. The summed E-state index contributed by atoms with van der Waals surface area (Å²) in [7, 11) is 0. The Labute approximate surface area is 234 Å². The second-order valence-corrected chi connectivity index (χ2v) is 9.53. The minimum absolute atomic E-state index is 0.0168. The lowest BCUT2D eigenvalue weighted by molar-refractivity contribution is -0.137. The maximum atomic E-state index is 13.5. The number of fused-ring (bicyclic) bond motifs is 1. The summed E-state index contributed by atoms with van der Waals surface area (Å²) >= 11 is 12.2. The number of aromatic hydroxyl groups is 1. The van der Waals surface area contributed by atoms with Crippen LogP contribution in [0.5, 0.6) is 5.75 Å². The van der Waals surface area contributed by atoms with E-state index in [9.17, 15) is 33.0 Å². The number of para-hydroxylation sites is 1. The lowest BCUT2D eigenvalue weighted by atomic mass is 10.0. The number of hydrogen-bond donors (Lipinski definition) is 3. The van der Waals surface area contributed by atoms with Gasteiger partial charge in [0.05, 0.1) is 28.2 Å². The number of hydrogen-bond acceptors (Lipinski definition) is 5. The van der Waals surface area contributed by atoms with Gasteiger partial charge in [0.1, 0.15) is 5.75 Å². The molecule has 4 aromatic rings. The zero-order valence-electron chi connectivity index (χ0n) is 20.0. The van der Waals surface area contributed by atoms with Gasteiger partial charge in [-0.25, -0.2) is 4.79 Å². The molecule has 0 spiro atoms. The minimum atomic E-state index is -4.67. The van der Waals surface area contributed by atoms with E-state index in [1.807, 2.05) is 0 Å². The number of carboxylic acid groups (broad SMARTS) is 1. The van der Waals surface area contributed by atoms with Crippen LogP contribution in [0.25, 0.3) is 11.1 Å². The molecule has 1 amide bonds. The predicted molar refractivity (Wildman–Crippen MR) is 146 cm³/mol. The molecule has 0 aromatic heterocycles. The van der Waals surface area contributed by atoms with Crippen LogP contribution >= 0.6 is 23.2 Å². The van der Waals surface area contributed by atoms with Gasteiger partial charge in [0.25, 0.3) is 5.91 Å². The molecule has 5 rings (SSSR count). The Bertz CT molecular complexity index is 1700. The lowest BCUT2D eigenvalue weighted by Crippen LogP contribution is -2.26. The number of nitrogens with zero attached hydrogens (tertiary/aromatic N) is 2. The first kappa shape index (κ1) is 27.0. The van der Waals surface area contributed by atoms with Gasteiger partial charge < -0.3 is 10.2 Å². The Kier molecular flexibility index (Phi) is 6.91. The smallest absolute Gasteiger partial charge is 0.416 e. The largest absolute Gasteiger partial charge is 0.505 e. The Morgan fingerprint density at radius 1 is 0.900 bits per heavy atom. The molecule has 12 heteroatoms. The van der Waals surface area contributed by atoms with Crippen molar-refractivity contribution in [1.82, 2.24) is 0 Å². The van der Waals surface area contributed by atoms with Crippen molar-refractivity contribution in [3.05, 3.63) is 106 Å². The standard InChI is InChI=1S/C28H16Cl2F3N3O4/c29-17-11-18(30)13-19(12-17)36-23-10-16(28(31,32)33)7-8-21(23)24(26(36)38)35-34-22-6-2-5-20(25(22)37)14-3-1-4-15(9-14)27(39)40/h1-13,34,37H,(H,39,40)/b35-24-. The van der Waals surface area contributed by atoms with Crippen molar-refractivity contribution in [2.45, 2.75) is 6.18 Å². The molecular formula is C28H16Cl2F3N3O4. The maximum absolute atomic E-state index is 13.5. The summed E-state index contributed by atoms with van der Waals surface area (Å²) in [5.74, 6) is -2.18. The van der Waals surface area contributed by atoms with Gasteiger partial charge >= 0.3 is 12.1 Å². The molecular weight excluding hydrogens is 570 g/mol. The maximum Gasteiger partial charge on any atom is 0.416 e. The third kappa shape index (κ3) is 5.06. The first-order chi connectivity index (χ1) is 18.9. The average Bonchev–Trinajstić information content (AvgIpc) is 3.17. The molecule has 0 saturated heterocycles. The van der Waals surface area contributed by atoms with Crippen molar-refractivity contribution in [3.63, 3.8) is 0 Å². The number of carboxylic acids is 1. The third-order valence-electron chi connectivity index (χ3n) is 6.08. The molecule has 7 nitrogen and oxygen atoms in total. The second kappa shape index (κ2) is 10.2. The van der Waals surface area contributed by atoms with Crippen LogP contribution in [-0.4, -0.2) is 27.8 Å². The van der Waals surface area contributed by atoms with E-state index in [-0.39, 0.29) is 55.3 Å². The van der Waals surface area contributed by atoms with E-state index in [0.29, 0.717) is 5.56 Å². The van der Waals surface area contributed by atoms with Gasteiger partial charge in [0, 0.05) is 21.2 Å². The summed E-state index contributed by atoms with van der Waals surface area (Å²) in [6, 6.07) is 17.5. The number of hydrazone groups is 1. The molecule has 0 unspecified atom stereocenters. The molecule has 0 fully saturated rings. The highest BCUT2D eigenvalue weighted by atomic mass is 35.5. The Morgan fingerprint density at radius 3 is 2.27 bits per heavy atom. The monoisotopic (exact) mass is 585 g/mol. The fourth-order valence-electron chi connectivity index (χ4n) is 4.26. The predicted octanol–water partition coefficient (Wildman–Crippen LogP) is 7.58. The summed E-state index contributed by atoms with van der Waals surface area (Å²) in [4.78, 5) is 25.9. The van der Waals surface area contributed by atoms with Crippen LogP contribution in [0.2, 0.25) is 10.0 Å². The number of amides is 1. The van der Waals surface area contributed by atoms with Gasteiger partial charge in [0.15, 0.2) is 5.71 Å². The quantitative estimate of drug-likeness (QED) is 0.165. The zero-order chi connectivity index (χ0) is 28.8. The van der Waals surface area contributed by atoms with E-state index in [1.54, 1.807) is 18.2 Å². The normalized spacial score (nSPS) is 14.0. The van der Waals surface area contributed by atoms with Gasteiger partial charge in [-0.2, -0.15) is 18.3 Å². The van der Waals surface area contributed by atoms with Gasteiger partial charge in [-0.1, -0.05) is 47.5 Å². The fourth-order valence-corrected chi connectivity index (χ4v) is 4.77. The number of nitrogens with one attached hydrogen (secondary N) is 1. The summed E-state index contributed by atoms with van der Waals surface area (Å²) in [5, 5.41) is 24.7. The number of phenols is 1. The summed E-state index contributed by atoms with van der Waals surface area (Å²) in [5.41, 5.74) is 2.36. The lowest BCUT2D eigenvalue weighted by Gasteiger charge is -2.19. The number of rotatable bonds is 5. The molecule has 0 saturated carbocycles. The highest BCUT2D eigenvalue weighted by Crippen LogP contribution is 2.42. The van der Waals surface area contributed by atoms with Crippen molar-refractivity contribution in [2.24, 2.45) is 5.10 Å². The summed E-state index contributed by atoms with van der Waals surface area (Å²) in [6.45, 7) is 0. The van der Waals surface area contributed by atoms with E-state index >= 15 is 0 Å². The number of halogens is 5. The van der Waals surface area contributed by atoms with Crippen molar-refractivity contribution in [3.8, 4) is 16.9 Å². The molecule has 1 aliphatic rings. The van der Waals surface area contributed by atoms with Crippen molar-refractivity contribution < 1.29 is 33.0 Å². The van der Waals surface area contributed by atoms with E-state index in [4.69, 9.17) is 23.2 Å². The van der Waals surface area contributed by atoms with E-state index in [1.165, 1.54) is 42.5 Å². The summed E-state index contributed by atoms with van der Waals surface area (Å²) < 4.78 is 40.6. The molecule has 0 radical (unpaired) electrons. The molecule has 0 bridgehead atoms. The van der Waals surface area contributed by atoms with Crippen molar-refractivity contribution in [1.29, 1.82) is 0 Å². The van der Waals surface area contributed by atoms with Crippen LogP contribution in [0.1, 0.15) is 21.5 Å². The minimum Gasteiger partial charge on any atom is -0.505 e. The Morgan fingerprint density at radius 2 is 1.60 bits per heavy atom. The topological polar surface area (TPSA) is 102 Å². The number of alkyl halides is 3. The van der Waals surface area contributed by atoms with E-state index < -0.39 is 23.6 Å². The fraction of sp³-hybridized carbons (Fsp3) is 0.0357. The van der Waals surface area contributed by atoms with Gasteiger partial charge in [-0.05, 0) is 60.2 Å². The highest BCUT2D eigenvalue weighted by Gasteiger charge is 2.39. The molecule has 1 heterocycles. The van der Waals surface area contributed by atoms with Crippen LogP contribution in [0.15, 0.2) is 84.0 Å². The molecule has 0 atom stereocenters. The zero-order valence-corrected chi connectivity index (χ0v) is 21.5. The Hall–Kier alpha value is -4.54. The average molecular weight is 586 g/mol. The highest BCUT2D eigenvalue weighted by molar-refractivity contribution is 6.56. The van der Waals surface area contributed by atoms with E-state index in [0.717, 1.165) is 23.1 Å². The number of carbonyl (C=O) groups is 2. The summed E-state index contributed by atoms with van der Waals surface area (Å²) in [6.07, 6.45) is -4.67. The first-order valence-electron chi connectivity index (χ1n) is 11.5. The van der Waals surface area contributed by atoms with E-state index in [2.05, 4.69) is 10.5 Å². The van der Waals surface area contributed by atoms with Crippen molar-refractivity contribution >= 4 is 57.9 Å². The van der Waals surface area contributed by atoms with Crippen LogP contribution in [0.4, 0.5) is 30.2 Å². The molecule has 40 heavy (non-hydrogen) atoms. The first-order valence-corrected chi connectivity index (χ1v) is 12.2. The SMILES string of the molecule is O=C(O)c1cccc(-c2cccc(N/N=C3\C(=O)N(c4cc(Cl)cc(Cl)c4)c4cc(C(F)(F)F)ccc43)c2O)c1. The van der Waals surface area contributed by atoms with Gasteiger partial charge in [0.2, 0.25) is 0 Å². The number of phenolic OH excluding ortho intramolecular Hbond substituents is 1. The molecule has 0 aliphatic carbocycles. The van der Waals surface area contributed by atoms with Gasteiger partial charge in [-0.15, -0.1) is 0 Å². The molecule has 1 aliphatic heterocycles. The number of carbonyl (C=O) groups excluding carboxylic acids is 1. The number of anilines is 3. The molecule has 202 valence electrons. The van der Waals surface area contributed by atoms with Crippen LogP contribution in [0, 0.1) is 0 Å². The number of benzene rings is 4. The Balaban J connectivity index is 1.57. The second-order valence-electron chi connectivity index (χ2n) is 8.66. The third-order valence-corrected chi connectivity index (χ3v) is 6.51.